The fourth-order valence-corrected chi connectivity index (χ4v) is 3.58. The molecule has 0 spiro atoms. The number of nitrogens with two attached hydrogens (primary N) is 1. The second kappa shape index (κ2) is 12.7. The third-order valence-corrected chi connectivity index (χ3v) is 5.76. The molecule has 1 amide bonds. The first kappa shape index (κ1) is 24.4. The predicted molar refractivity (Wildman–Crippen MR) is 121 cm³/mol. The molecule has 1 aromatic carbocycles. The Hall–Kier alpha value is -1.92. The van der Waals surface area contributed by atoms with Crippen molar-refractivity contribution in [1.82, 2.24) is 9.80 Å². The van der Waals surface area contributed by atoms with Crippen LogP contribution in [0.1, 0.15) is 63.2 Å². The third kappa shape index (κ3) is 7.73. The van der Waals surface area contributed by atoms with E-state index in [4.69, 9.17) is 10.5 Å². The molecule has 6 nitrogen and oxygen atoms in total. The summed E-state index contributed by atoms with van der Waals surface area (Å²) in [6, 6.07) is 7.09. The van der Waals surface area contributed by atoms with Crippen molar-refractivity contribution < 1.29 is 14.3 Å². The van der Waals surface area contributed by atoms with Crippen molar-refractivity contribution in [3.63, 3.8) is 0 Å². The normalized spacial score (nSPS) is 16.0. The van der Waals surface area contributed by atoms with Gasteiger partial charge in [0.05, 0.1) is 12.6 Å². The van der Waals surface area contributed by atoms with Crippen LogP contribution >= 0.6 is 0 Å². The number of piperazine rings is 1. The zero-order valence-electron chi connectivity index (χ0n) is 18.9. The Morgan fingerprint density at radius 1 is 1.03 bits per heavy atom. The van der Waals surface area contributed by atoms with Gasteiger partial charge in [-0.3, -0.25) is 14.5 Å². The van der Waals surface area contributed by atoms with Crippen LogP contribution in [-0.4, -0.2) is 66.9 Å². The molecule has 2 rings (SSSR count). The lowest BCUT2D eigenvalue weighted by Gasteiger charge is -2.36. The van der Waals surface area contributed by atoms with E-state index in [-0.39, 0.29) is 17.6 Å². The Morgan fingerprint density at radius 3 is 2.30 bits per heavy atom. The van der Waals surface area contributed by atoms with Gasteiger partial charge in [-0.2, -0.15) is 0 Å². The van der Waals surface area contributed by atoms with Crippen molar-refractivity contribution >= 4 is 11.7 Å². The first-order valence-electron chi connectivity index (χ1n) is 11.4. The summed E-state index contributed by atoms with van der Waals surface area (Å²) in [6.45, 7) is 10.9. The highest BCUT2D eigenvalue weighted by atomic mass is 16.5. The number of unbranched alkanes of at least 4 members (excludes halogenated alkanes) is 2. The van der Waals surface area contributed by atoms with Crippen LogP contribution in [-0.2, 0) is 4.79 Å². The van der Waals surface area contributed by atoms with Crippen molar-refractivity contribution in [2.45, 2.75) is 58.9 Å². The fourth-order valence-electron chi connectivity index (χ4n) is 3.58. The fraction of sp³-hybridized carbons (Fsp3) is 0.667. The molecule has 168 valence electrons. The van der Waals surface area contributed by atoms with E-state index in [0.29, 0.717) is 13.0 Å². The third-order valence-electron chi connectivity index (χ3n) is 5.76. The lowest BCUT2D eigenvalue weighted by molar-refractivity contribution is -0.135. The summed E-state index contributed by atoms with van der Waals surface area (Å²) >= 11 is 0. The van der Waals surface area contributed by atoms with Crippen LogP contribution in [0.25, 0.3) is 0 Å². The number of hydrogen-bond acceptors (Lipinski definition) is 5. The molecule has 2 N–H and O–H groups in total. The van der Waals surface area contributed by atoms with Gasteiger partial charge in [-0.15, -0.1) is 0 Å². The number of carbonyl (C=O) groups excluding carboxylic acids is 2. The van der Waals surface area contributed by atoms with Crippen LogP contribution in [0.5, 0.6) is 5.75 Å². The molecule has 6 heteroatoms. The average molecular weight is 418 g/mol. The first-order valence-corrected chi connectivity index (χ1v) is 11.4. The molecule has 0 radical (unpaired) electrons. The molecule has 1 fully saturated rings. The van der Waals surface area contributed by atoms with E-state index in [1.54, 1.807) is 0 Å². The summed E-state index contributed by atoms with van der Waals surface area (Å²) in [5.41, 5.74) is 6.76. The summed E-state index contributed by atoms with van der Waals surface area (Å²) in [7, 11) is 0. The number of benzene rings is 1. The predicted octanol–water partition coefficient (Wildman–Crippen LogP) is 3.35. The van der Waals surface area contributed by atoms with E-state index >= 15 is 0 Å². The minimum absolute atomic E-state index is 0.0697. The molecular formula is C24H39N3O3. The Kier molecular flexibility index (Phi) is 10.3. The number of amides is 1. The van der Waals surface area contributed by atoms with Gasteiger partial charge in [-0.25, -0.2) is 0 Å². The minimum atomic E-state index is -0.400. The van der Waals surface area contributed by atoms with Crippen LogP contribution in [0.2, 0.25) is 0 Å². The molecule has 0 bridgehead atoms. The first-order chi connectivity index (χ1) is 14.4. The largest absolute Gasteiger partial charge is 0.494 e. The SMILES string of the molecule is CCCCCC(=O)c1ccc(OCCCN2CCN(C(=O)[C@H](N)C(C)C)CC2)cc1. The molecule has 1 aliphatic rings. The van der Waals surface area contributed by atoms with Crippen LogP contribution in [0, 0.1) is 5.92 Å². The number of nitrogens with zero attached hydrogens (tertiary/aromatic N) is 2. The Morgan fingerprint density at radius 2 is 1.70 bits per heavy atom. The van der Waals surface area contributed by atoms with Gasteiger partial charge in [0.2, 0.25) is 5.91 Å². The number of rotatable bonds is 12. The van der Waals surface area contributed by atoms with Crippen molar-refractivity contribution in [1.29, 1.82) is 0 Å². The average Bonchev–Trinajstić information content (AvgIpc) is 2.76. The number of ether oxygens (including phenoxy) is 1. The van der Waals surface area contributed by atoms with Gasteiger partial charge in [-0.05, 0) is 43.0 Å². The highest BCUT2D eigenvalue weighted by molar-refractivity contribution is 5.96. The summed E-state index contributed by atoms with van der Waals surface area (Å²) in [5, 5.41) is 0. The van der Waals surface area contributed by atoms with E-state index in [1.165, 1.54) is 0 Å². The van der Waals surface area contributed by atoms with E-state index in [1.807, 2.05) is 43.0 Å². The molecule has 1 aromatic rings. The monoisotopic (exact) mass is 417 g/mol. The maximum atomic E-state index is 12.3. The Balaban J connectivity index is 1.63. The zero-order chi connectivity index (χ0) is 21.9. The van der Waals surface area contributed by atoms with Crippen LogP contribution in [0.3, 0.4) is 0 Å². The highest BCUT2D eigenvalue weighted by Crippen LogP contribution is 2.15. The second-order valence-electron chi connectivity index (χ2n) is 8.54. The molecule has 1 aliphatic heterocycles. The molecule has 1 heterocycles. The number of carbonyl (C=O) groups is 2. The standard InChI is InChI=1S/C24H39N3O3/c1-4-5-6-8-22(28)20-9-11-21(12-10-20)30-18-7-13-26-14-16-27(17-15-26)24(29)23(25)19(2)3/h9-12,19,23H,4-8,13-18,25H2,1-3H3/t23-/m1/s1. The number of ketones is 1. The summed E-state index contributed by atoms with van der Waals surface area (Å²) in [6.07, 6.45) is 4.73. The van der Waals surface area contributed by atoms with Crippen LogP contribution in [0.15, 0.2) is 24.3 Å². The van der Waals surface area contributed by atoms with Crippen LogP contribution in [0.4, 0.5) is 0 Å². The molecule has 1 atom stereocenters. The van der Waals surface area contributed by atoms with Gasteiger partial charge >= 0.3 is 0 Å². The summed E-state index contributed by atoms with van der Waals surface area (Å²) < 4.78 is 5.83. The summed E-state index contributed by atoms with van der Waals surface area (Å²) in [4.78, 5) is 28.7. The molecule has 0 aliphatic carbocycles. The summed E-state index contributed by atoms with van der Waals surface area (Å²) in [5.74, 6) is 1.25. The van der Waals surface area contributed by atoms with E-state index in [2.05, 4.69) is 11.8 Å². The zero-order valence-corrected chi connectivity index (χ0v) is 18.9. The molecule has 1 saturated heterocycles. The van der Waals surface area contributed by atoms with E-state index in [0.717, 1.165) is 69.7 Å². The lowest BCUT2D eigenvalue weighted by Crippen LogP contribution is -2.54. The van der Waals surface area contributed by atoms with Crippen LogP contribution < -0.4 is 10.5 Å². The minimum Gasteiger partial charge on any atom is -0.494 e. The van der Waals surface area contributed by atoms with Gasteiger partial charge in [-0.1, -0.05) is 33.6 Å². The maximum Gasteiger partial charge on any atom is 0.239 e. The van der Waals surface area contributed by atoms with Crippen molar-refractivity contribution in [2.24, 2.45) is 11.7 Å². The topological polar surface area (TPSA) is 75.9 Å². The smallest absolute Gasteiger partial charge is 0.239 e. The van der Waals surface area contributed by atoms with E-state index in [9.17, 15) is 9.59 Å². The molecular weight excluding hydrogens is 378 g/mol. The molecule has 30 heavy (non-hydrogen) atoms. The Bertz CT molecular complexity index is 652. The van der Waals surface area contributed by atoms with Crippen molar-refractivity contribution in [3.8, 4) is 5.75 Å². The van der Waals surface area contributed by atoms with Gasteiger partial charge in [0.1, 0.15) is 5.75 Å². The molecule has 0 aromatic heterocycles. The number of hydrogen-bond donors (Lipinski definition) is 1. The van der Waals surface area contributed by atoms with E-state index < -0.39 is 6.04 Å². The lowest BCUT2D eigenvalue weighted by atomic mass is 10.0. The van der Waals surface area contributed by atoms with Crippen molar-refractivity contribution in [3.05, 3.63) is 29.8 Å². The molecule has 0 saturated carbocycles. The van der Waals surface area contributed by atoms with Gasteiger partial charge < -0.3 is 15.4 Å². The quantitative estimate of drug-likeness (QED) is 0.417. The second-order valence-corrected chi connectivity index (χ2v) is 8.54. The van der Waals surface area contributed by atoms with Gasteiger partial charge in [0, 0.05) is 44.7 Å². The number of Topliss-reactive ketones (excluding diaryl/α,β-unsaturated/α-hetero) is 1. The highest BCUT2D eigenvalue weighted by Gasteiger charge is 2.26. The van der Waals surface area contributed by atoms with Gasteiger partial charge in [0.15, 0.2) is 5.78 Å². The maximum absolute atomic E-state index is 12.3. The Labute approximate surface area is 181 Å². The van der Waals surface area contributed by atoms with Gasteiger partial charge in [0.25, 0.3) is 0 Å². The molecule has 0 unspecified atom stereocenters. The van der Waals surface area contributed by atoms with Crippen molar-refractivity contribution in [2.75, 3.05) is 39.3 Å².